The lowest BCUT2D eigenvalue weighted by Crippen LogP contribution is -2.23. The van der Waals surface area contributed by atoms with Crippen LogP contribution in [0.4, 0.5) is 5.69 Å². The fourth-order valence-corrected chi connectivity index (χ4v) is 1.85. The van der Waals surface area contributed by atoms with Gasteiger partial charge in [0.1, 0.15) is 5.01 Å². The van der Waals surface area contributed by atoms with E-state index < -0.39 is 0 Å². The number of rotatable bonds is 3. The van der Waals surface area contributed by atoms with E-state index in [4.69, 9.17) is 5.73 Å². The summed E-state index contributed by atoms with van der Waals surface area (Å²) < 4.78 is 0. The molecular weight excluding hydrogens is 222 g/mol. The van der Waals surface area contributed by atoms with Crippen LogP contribution in [-0.2, 0) is 6.54 Å². The van der Waals surface area contributed by atoms with Crippen molar-refractivity contribution in [1.82, 2.24) is 10.3 Å². The third kappa shape index (κ3) is 2.38. The summed E-state index contributed by atoms with van der Waals surface area (Å²) >= 11 is 1.51. The van der Waals surface area contributed by atoms with Gasteiger partial charge in [0.2, 0.25) is 0 Å². The van der Waals surface area contributed by atoms with Crippen molar-refractivity contribution >= 4 is 22.9 Å². The van der Waals surface area contributed by atoms with Crippen LogP contribution in [0.25, 0.3) is 0 Å². The number of hydrogen-bond acceptors (Lipinski definition) is 4. The summed E-state index contributed by atoms with van der Waals surface area (Å²) in [7, 11) is 0. The van der Waals surface area contributed by atoms with Crippen LogP contribution in [0.1, 0.15) is 15.4 Å². The molecule has 0 spiro atoms. The zero-order valence-corrected chi connectivity index (χ0v) is 9.33. The van der Waals surface area contributed by atoms with Crippen molar-refractivity contribution < 1.29 is 4.79 Å². The molecule has 0 bridgehead atoms. The van der Waals surface area contributed by atoms with Crippen LogP contribution in [0.5, 0.6) is 0 Å². The molecule has 1 aromatic carbocycles. The third-order valence-corrected chi connectivity index (χ3v) is 2.87. The molecule has 0 saturated carbocycles. The molecule has 0 unspecified atom stereocenters. The molecule has 0 saturated heterocycles. The quantitative estimate of drug-likeness (QED) is 0.792. The maximum atomic E-state index is 11.7. The summed E-state index contributed by atoms with van der Waals surface area (Å²) in [6, 6.07) is 6.99. The van der Waals surface area contributed by atoms with E-state index in [0.29, 0.717) is 17.8 Å². The van der Waals surface area contributed by atoms with Crippen molar-refractivity contribution in [2.75, 3.05) is 5.73 Å². The first-order chi connectivity index (χ1) is 7.77. The Morgan fingerprint density at radius 2 is 2.25 bits per heavy atom. The van der Waals surface area contributed by atoms with E-state index >= 15 is 0 Å². The van der Waals surface area contributed by atoms with Crippen molar-refractivity contribution in [3.63, 3.8) is 0 Å². The minimum absolute atomic E-state index is 0.173. The Kier molecular flexibility index (Phi) is 3.16. The second kappa shape index (κ2) is 4.76. The highest BCUT2D eigenvalue weighted by atomic mass is 32.1. The molecule has 2 aromatic rings. The molecule has 1 heterocycles. The van der Waals surface area contributed by atoms with Crippen molar-refractivity contribution in [3.8, 4) is 0 Å². The van der Waals surface area contributed by atoms with E-state index in [1.54, 1.807) is 30.5 Å². The van der Waals surface area contributed by atoms with E-state index in [1.807, 2.05) is 5.38 Å². The average Bonchev–Trinajstić information content (AvgIpc) is 2.79. The van der Waals surface area contributed by atoms with Gasteiger partial charge < -0.3 is 11.1 Å². The van der Waals surface area contributed by atoms with E-state index in [0.717, 1.165) is 5.01 Å². The summed E-state index contributed by atoms with van der Waals surface area (Å²) in [5, 5.41) is 5.52. The molecule has 1 aromatic heterocycles. The summed E-state index contributed by atoms with van der Waals surface area (Å²) in [6.45, 7) is 0.435. The summed E-state index contributed by atoms with van der Waals surface area (Å²) in [5.41, 5.74) is 6.68. The van der Waals surface area contributed by atoms with E-state index in [9.17, 15) is 4.79 Å². The number of para-hydroxylation sites is 1. The first-order valence-corrected chi connectivity index (χ1v) is 5.66. The number of aromatic nitrogens is 1. The molecule has 82 valence electrons. The molecule has 5 heteroatoms. The predicted octanol–water partition coefficient (Wildman–Crippen LogP) is 1.66. The fourth-order valence-electron chi connectivity index (χ4n) is 1.30. The van der Waals surface area contributed by atoms with Crippen LogP contribution >= 0.6 is 11.3 Å². The SMILES string of the molecule is Nc1ccccc1C(=O)NCc1nccs1. The molecule has 16 heavy (non-hydrogen) atoms. The third-order valence-electron chi connectivity index (χ3n) is 2.09. The van der Waals surface area contributed by atoms with Crippen LogP contribution in [-0.4, -0.2) is 10.9 Å². The molecule has 0 aliphatic rings. The maximum absolute atomic E-state index is 11.7. The number of benzene rings is 1. The van der Waals surface area contributed by atoms with Gasteiger partial charge in [0.25, 0.3) is 5.91 Å². The molecular formula is C11H11N3OS. The molecule has 1 amide bonds. The van der Waals surface area contributed by atoms with E-state index in [2.05, 4.69) is 10.3 Å². The van der Waals surface area contributed by atoms with Gasteiger partial charge in [-0.2, -0.15) is 0 Å². The predicted molar refractivity (Wildman–Crippen MR) is 64.1 cm³/mol. The van der Waals surface area contributed by atoms with Crippen LogP contribution < -0.4 is 11.1 Å². The Hall–Kier alpha value is -1.88. The van der Waals surface area contributed by atoms with Crippen molar-refractivity contribution in [2.45, 2.75) is 6.54 Å². The Morgan fingerprint density at radius 3 is 2.94 bits per heavy atom. The van der Waals surface area contributed by atoms with Gasteiger partial charge in [0, 0.05) is 17.3 Å². The molecule has 4 nitrogen and oxygen atoms in total. The van der Waals surface area contributed by atoms with Crippen LogP contribution in [0.3, 0.4) is 0 Å². The van der Waals surface area contributed by atoms with Crippen molar-refractivity contribution in [1.29, 1.82) is 0 Å². The zero-order valence-electron chi connectivity index (χ0n) is 8.51. The maximum Gasteiger partial charge on any atom is 0.253 e. The monoisotopic (exact) mass is 233 g/mol. The van der Waals surface area contributed by atoms with Gasteiger partial charge in [0.05, 0.1) is 12.1 Å². The first-order valence-electron chi connectivity index (χ1n) is 4.78. The second-order valence-electron chi connectivity index (χ2n) is 3.20. The number of nitrogens with two attached hydrogens (primary N) is 1. The molecule has 0 aliphatic heterocycles. The minimum atomic E-state index is -0.173. The second-order valence-corrected chi connectivity index (χ2v) is 4.17. The van der Waals surface area contributed by atoms with Gasteiger partial charge in [0.15, 0.2) is 0 Å². The average molecular weight is 233 g/mol. The van der Waals surface area contributed by atoms with Gasteiger partial charge in [-0.1, -0.05) is 12.1 Å². The standard InChI is InChI=1S/C11H11N3OS/c12-9-4-2-1-3-8(9)11(15)14-7-10-13-5-6-16-10/h1-6H,7,12H2,(H,14,15). The number of nitrogens with one attached hydrogen (secondary N) is 1. The smallest absolute Gasteiger partial charge is 0.253 e. The zero-order chi connectivity index (χ0) is 11.4. The Morgan fingerprint density at radius 1 is 1.44 bits per heavy atom. The summed E-state index contributed by atoms with van der Waals surface area (Å²) in [5.74, 6) is -0.173. The van der Waals surface area contributed by atoms with Gasteiger partial charge in [-0.05, 0) is 12.1 Å². The van der Waals surface area contributed by atoms with Gasteiger partial charge >= 0.3 is 0 Å². The van der Waals surface area contributed by atoms with E-state index in [1.165, 1.54) is 11.3 Å². The highest BCUT2D eigenvalue weighted by molar-refractivity contribution is 7.09. The number of nitrogens with zero attached hydrogens (tertiary/aromatic N) is 1. The highest BCUT2D eigenvalue weighted by Gasteiger charge is 2.08. The van der Waals surface area contributed by atoms with E-state index in [-0.39, 0.29) is 5.91 Å². The molecule has 0 radical (unpaired) electrons. The lowest BCUT2D eigenvalue weighted by molar-refractivity contribution is 0.0952. The summed E-state index contributed by atoms with van der Waals surface area (Å²) in [4.78, 5) is 15.8. The Labute approximate surface area is 97.1 Å². The van der Waals surface area contributed by atoms with Crippen LogP contribution in [0.2, 0.25) is 0 Å². The van der Waals surface area contributed by atoms with Gasteiger partial charge in [-0.25, -0.2) is 4.98 Å². The van der Waals surface area contributed by atoms with Crippen molar-refractivity contribution in [3.05, 3.63) is 46.4 Å². The van der Waals surface area contributed by atoms with Gasteiger partial charge in [-0.3, -0.25) is 4.79 Å². The fraction of sp³-hybridized carbons (Fsp3) is 0.0909. The number of carbonyl (C=O) groups is 1. The number of nitrogen functional groups attached to an aromatic ring is 1. The van der Waals surface area contributed by atoms with Gasteiger partial charge in [-0.15, -0.1) is 11.3 Å². The normalized spacial score (nSPS) is 10.0. The Bertz CT molecular complexity index is 482. The number of carbonyl (C=O) groups excluding carboxylic acids is 1. The van der Waals surface area contributed by atoms with Crippen LogP contribution in [0.15, 0.2) is 35.8 Å². The minimum Gasteiger partial charge on any atom is -0.398 e. The van der Waals surface area contributed by atoms with Crippen molar-refractivity contribution in [2.24, 2.45) is 0 Å². The molecule has 2 rings (SSSR count). The summed E-state index contributed by atoms with van der Waals surface area (Å²) in [6.07, 6.45) is 1.71. The molecule has 0 aliphatic carbocycles. The lowest BCUT2D eigenvalue weighted by Gasteiger charge is -2.05. The largest absolute Gasteiger partial charge is 0.398 e. The number of amides is 1. The molecule has 0 fully saturated rings. The molecule has 0 atom stereocenters. The Balaban J connectivity index is 2.01. The van der Waals surface area contributed by atoms with Crippen LogP contribution in [0, 0.1) is 0 Å². The number of anilines is 1. The first kappa shape index (κ1) is 10.6. The topological polar surface area (TPSA) is 68.0 Å². The molecule has 3 N–H and O–H groups in total. The highest BCUT2D eigenvalue weighted by Crippen LogP contribution is 2.10. The lowest BCUT2D eigenvalue weighted by atomic mass is 10.2. The number of thiazole rings is 1. The number of hydrogen-bond donors (Lipinski definition) is 2.